The van der Waals surface area contributed by atoms with E-state index in [0.29, 0.717) is 5.56 Å². The lowest BCUT2D eigenvalue weighted by Crippen LogP contribution is -1.89. The van der Waals surface area contributed by atoms with Crippen LogP contribution >= 0.6 is 0 Å². The van der Waals surface area contributed by atoms with Crippen LogP contribution in [0.25, 0.3) is 11.1 Å². The molecule has 0 radical (unpaired) electrons. The van der Waals surface area contributed by atoms with E-state index in [1.807, 2.05) is 19.1 Å². The molecular weight excluding hydrogens is 203 g/mol. The number of halogens is 1. The van der Waals surface area contributed by atoms with Gasteiger partial charge in [-0.2, -0.15) is 0 Å². The molecule has 82 valence electrons. The first-order chi connectivity index (χ1) is 7.59. The lowest BCUT2D eigenvalue weighted by molar-refractivity contribution is 0.475. The van der Waals surface area contributed by atoms with Crippen LogP contribution in [0, 0.1) is 19.7 Å². The van der Waals surface area contributed by atoms with Crippen LogP contribution in [0.5, 0.6) is 5.75 Å². The highest BCUT2D eigenvalue weighted by Crippen LogP contribution is 2.29. The third kappa shape index (κ3) is 1.78. The topological polar surface area (TPSA) is 20.2 Å². The summed E-state index contributed by atoms with van der Waals surface area (Å²) in [6.07, 6.45) is 0. The third-order valence-corrected chi connectivity index (χ3v) is 2.77. The smallest absolute Gasteiger partial charge is 0.126 e. The third-order valence-electron chi connectivity index (χ3n) is 2.77. The average Bonchev–Trinajstić information content (AvgIpc) is 2.23. The zero-order valence-electron chi connectivity index (χ0n) is 9.29. The summed E-state index contributed by atoms with van der Waals surface area (Å²) in [7, 11) is 0. The summed E-state index contributed by atoms with van der Waals surface area (Å²) < 4.78 is 13.4. The zero-order chi connectivity index (χ0) is 11.7. The quantitative estimate of drug-likeness (QED) is 0.768. The van der Waals surface area contributed by atoms with E-state index < -0.39 is 0 Å². The first-order valence-electron chi connectivity index (χ1n) is 5.14. The van der Waals surface area contributed by atoms with Crippen LogP contribution in [-0.2, 0) is 0 Å². The lowest BCUT2D eigenvalue weighted by Gasteiger charge is -2.10. The summed E-state index contributed by atoms with van der Waals surface area (Å²) in [6.45, 7) is 3.66. The second kappa shape index (κ2) is 3.97. The van der Waals surface area contributed by atoms with Crippen LogP contribution < -0.4 is 0 Å². The van der Waals surface area contributed by atoms with E-state index in [9.17, 15) is 9.50 Å². The van der Waals surface area contributed by atoms with Crippen molar-refractivity contribution in [3.8, 4) is 16.9 Å². The number of benzene rings is 2. The molecule has 0 saturated heterocycles. The molecule has 2 heteroatoms. The van der Waals surface area contributed by atoms with Gasteiger partial charge in [-0.3, -0.25) is 0 Å². The maximum atomic E-state index is 13.4. The Morgan fingerprint density at radius 2 is 1.75 bits per heavy atom. The molecule has 1 nitrogen and oxygen atoms in total. The SMILES string of the molecule is Cc1cc(O)ccc1-c1cccc(F)c1C. The fourth-order valence-corrected chi connectivity index (χ4v) is 1.85. The standard InChI is InChI=1S/C14H13FO/c1-9-8-11(16)6-7-12(9)13-4-3-5-14(15)10(13)2/h3-8,16H,1-2H3. The van der Waals surface area contributed by atoms with Crippen molar-refractivity contribution < 1.29 is 9.50 Å². The molecule has 0 aliphatic heterocycles. The van der Waals surface area contributed by atoms with Crippen molar-refractivity contribution in [3.63, 3.8) is 0 Å². The highest BCUT2D eigenvalue weighted by molar-refractivity contribution is 5.71. The molecule has 16 heavy (non-hydrogen) atoms. The number of aryl methyl sites for hydroxylation is 1. The van der Waals surface area contributed by atoms with Gasteiger partial charge in [0.15, 0.2) is 0 Å². The molecule has 2 aromatic carbocycles. The lowest BCUT2D eigenvalue weighted by atomic mass is 9.96. The maximum Gasteiger partial charge on any atom is 0.126 e. The minimum absolute atomic E-state index is 0.204. The van der Waals surface area contributed by atoms with Gasteiger partial charge >= 0.3 is 0 Å². The van der Waals surface area contributed by atoms with E-state index in [2.05, 4.69) is 0 Å². The Balaban J connectivity index is 2.63. The monoisotopic (exact) mass is 216 g/mol. The largest absolute Gasteiger partial charge is 0.508 e. The summed E-state index contributed by atoms with van der Waals surface area (Å²) >= 11 is 0. The molecule has 0 aromatic heterocycles. The predicted octanol–water partition coefficient (Wildman–Crippen LogP) is 3.82. The number of phenols is 1. The molecule has 1 N–H and O–H groups in total. The van der Waals surface area contributed by atoms with Gasteiger partial charge in [0.05, 0.1) is 0 Å². The summed E-state index contributed by atoms with van der Waals surface area (Å²) in [6, 6.07) is 10.1. The van der Waals surface area contributed by atoms with Gasteiger partial charge in [0.1, 0.15) is 11.6 Å². The van der Waals surface area contributed by atoms with Crippen LogP contribution in [0.4, 0.5) is 4.39 Å². The molecular formula is C14H13FO. The Labute approximate surface area is 94.2 Å². The van der Waals surface area contributed by atoms with Gasteiger partial charge in [-0.25, -0.2) is 4.39 Å². The van der Waals surface area contributed by atoms with Gasteiger partial charge in [-0.05, 0) is 54.3 Å². The number of phenolic OH excluding ortho intramolecular Hbond substituents is 1. The molecule has 0 aliphatic carbocycles. The average molecular weight is 216 g/mol. The number of aromatic hydroxyl groups is 1. The second-order valence-electron chi connectivity index (χ2n) is 3.91. The van der Waals surface area contributed by atoms with Gasteiger partial charge < -0.3 is 5.11 Å². The van der Waals surface area contributed by atoms with Crippen LogP contribution in [0.15, 0.2) is 36.4 Å². The highest BCUT2D eigenvalue weighted by atomic mass is 19.1. The summed E-state index contributed by atoms with van der Waals surface area (Å²) in [5.41, 5.74) is 3.40. The predicted molar refractivity (Wildman–Crippen MR) is 63.0 cm³/mol. The number of hydrogen-bond donors (Lipinski definition) is 1. The molecule has 2 aromatic rings. The summed E-state index contributed by atoms with van der Waals surface area (Å²) in [4.78, 5) is 0. The molecule has 0 heterocycles. The Kier molecular flexibility index (Phi) is 2.65. The molecule has 0 atom stereocenters. The molecule has 0 saturated carbocycles. The Hall–Kier alpha value is -1.83. The van der Waals surface area contributed by atoms with Crippen LogP contribution in [0.1, 0.15) is 11.1 Å². The van der Waals surface area contributed by atoms with Crippen molar-refractivity contribution in [2.75, 3.05) is 0 Å². The Morgan fingerprint density at radius 3 is 2.44 bits per heavy atom. The van der Waals surface area contributed by atoms with E-state index >= 15 is 0 Å². The van der Waals surface area contributed by atoms with Crippen molar-refractivity contribution in [3.05, 3.63) is 53.3 Å². The second-order valence-corrected chi connectivity index (χ2v) is 3.91. The normalized spacial score (nSPS) is 10.4. The van der Waals surface area contributed by atoms with Gasteiger partial charge in [0, 0.05) is 0 Å². The van der Waals surface area contributed by atoms with Gasteiger partial charge in [-0.15, -0.1) is 0 Å². The van der Waals surface area contributed by atoms with Gasteiger partial charge in [0.2, 0.25) is 0 Å². The van der Waals surface area contributed by atoms with Crippen molar-refractivity contribution in [1.29, 1.82) is 0 Å². The summed E-state index contributed by atoms with van der Waals surface area (Å²) in [5.74, 6) is 0.0280. The van der Waals surface area contributed by atoms with Crippen LogP contribution in [0.2, 0.25) is 0 Å². The van der Waals surface area contributed by atoms with Crippen molar-refractivity contribution in [2.45, 2.75) is 13.8 Å². The zero-order valence-corrected chi connectivity index (χ0v) is 9.29. The van der Waals surface area contributed by atoms with Crippen LogP contribution in [-0.4, -0.2) is 5.11 Å². The van der Waals surface area contributed by atoms with E-state index in [1.54, 1.807) is 25.1 Å². The molecule has 0 fully saturated rings. The number of rotatable bonds is 1. The Morgan fingerprint density at radius 1 is 1.00 bits per heavy atom. The molecule has 0 unspecified atom stereocenters. The fraction of sp³-hybridized carbons (Fsp3) is 0.143. The molecule has 0 amide bonds. The number of hydrogen-bond acceptors (Lipinski definition) is 1. The van der Waals surface area contributed by atoms with E-state index in [0.717, 1.165) is 16.7 Å². The van der Waals surface area contributed by atoms with Gasteiger partial charge in [-0.1, -0.05) is 18.2 Å². The van der Waals surface area contributed by atoms with E-state index in [4.69, 9.17) is 0 Å². The molecule has 2 rings (SSSR count). The minimum atomic E-state index is -0.204. The van der Waals surface area contributed by atoms with E-state index in [1.165, 1.54) is 6.07 Å². The van der Waals surface area contributed by atoms with Crippen LogP contribution in [0.3, 0.4) is 0 Å². The molecule has 0 bridgehead atoms. The van der Waals surface area contributed by atoms with E-state index in [-0.39, 0.29) is 11.6 Å². The first-order valence-corrected chi connectivity index (χ1v) is 5.14. The maximum absolute atomic E-state index is 13.4. The highest BCUT2D eigenvalue weighted by Gasteiger charge is 2.08. The summed E-state index contributed by atoms with van der Waals surface area (Å²) in [5, 5.41) is 9.33. The first kappa shape index (κ1) is 10.7. The fourth-order valence-electron chi connectivity index (χ4n) is 1.85. The van der Waals surface area contributed by atoms with Crippen molar-refractivity contribution in [2.24, 2.45) is 0 Å². The minimum Gasteiger partial charge on any atom is -0.508 e. The van der Waals surface area contributed by atoms with Gasteiger partial charge in [0.25, 0.3) is 0 Å². The Bertz CT molecular complexity index is 532. The molecule has 0 spiro atoms. The van der Waals surface area contributed by atoms with Crippen molar-refractivity contribution >= 4 is 0 Å². The van der Waals surface area contributed by atoms with Crippen molar-refractivity contribution in [1.82, 2.24) is 0 Å². The molecule has 0 aliphatic rings.